The van der Waals surface area contributed by atoms with Crippen LogP contribution in [0.3, 0.4) is 0 Å². The number of hydrogen-bond acceptors (Lipinski definition) is 1. The Morgan fingerprint density at radius 1 is 0.920 bits per heavy atom. The lowest BCUT2D eigenvalue weighted by Crippen LogP contribution is -1.92. The van der Waals surface area contributed by atoms with E-state index in [4.69, 9.17) is 11.6 Å². The largest absolute Gasteiger partial charge is 0.316 e. The molecular weight excluding hydrogens is 337 g/mol. The molecule has 2 nitrogen and oxygen atoms in total. The number of hydrogen-bond donors (Lipinski definition) is 0. The Morgan fingerprint density at radius 2 is 1.68 bits per heavy atom. The van der Waals surface area contributed by atoms with Gasteiger partial charge in [0, 0.05) is 39.0 Å². The summed E-state index contributed by atoms with van der Waals surface area (Å²) in [6, 6.07) is 19.4. The van der Waals surface area contributed by atoms with Crippen LogP contribution in [-0.4, -0.2) is 10.9 Å². The number of rotatable bonds is 3. The Morgan fingerprint density at radius 3 is 2.40 bits per heavy atom. The van der Waals surface area contributed by atoms with E-state index in [9.17, 15) is 9.18 Å². The molecule has 0 N–H and O–H groups in total. The molecule has 1 heterocycles. The van der Waals surface area contributed by atoms with Gasteiger partial charge >= 0.3 is 0 Å². The number of carbonyl (C=O) groups excluding carboxylic acids is 1. The van der Waals surface area contributed by atoms with Crippen molar-refractivity contribution >= 4 is 28.8 Å². The van der Waals surface area contributed by atoms with E-state index in [1.807, 2.05) is 47.2 Å². The average molecular weight is 350 g/mol. The number of aldehydes is 1. The molecule has 0 fully saturated rings. The lowest BCUT2D eigenvalue weighted by Gasteiger charge is -2.05. The minimum atomic E-state index is -0.283. The molecule has 4 heteroatoms. The van der Waals surface area contributed by atoms with Crippen molar-refractivity contribution in [2.45, 2.75) is 0 Å². The van der Waals surface area contributed by atoms with E-state index in [0.717, 1.165) is 34.0 Å². The number of benzene rings is 3. The molecule has 0 amide bonds. The Hall–Kier alpha value is -2.91. The van der Waals surface area contributed by atoms with Crippen LogP contribution in [0.1, 0.15) is 10.4 Å². The van der Waals surface area contributed by atoms with Crippen LogP contribution in [0.25, 0.3) is 27.7 Å². The molecule has 25 heavy (non-hydrogen) atoms. The fourth-order valence-electron chi connectivity index (χ4n) is 3.03. The highest BCUT2D eigenvalue weighted by Crippen LogP contribution is 2.36. The molecule has 0 atom stereocenters. The summed E-state index contributed by atoms with van der Waals surface area (Å²) in [4.78, 5) is 11.2. The summed E-state index contributed by atoms with van der Waals surface area (Å²) in [5.74, 6) is -0.283. The van der Waals surface area contributed by atoms with Gasteiger partial charge in [0.2, 0.25) is 0 Å². The molecule has 0 aliphatic carbocycles. The third-order valence-corrected chi connectivity index (χ3v) is 4.56. The van der Waals surface area contributed by atoms with Crippen molar-refractivity contribution in [2.24, 2.45) is 0 Å². The van der Waals surface area contributed by atoms with Crippen LogP contribution in [0, 0.1) is 5.82 Å². The number of nitrogens with zero attached hydrogens (tertiary/aromatic N) is 1. The summed E-state index contributed by atoms with van der Waals surface area (Å²) in [6.45, 7) is 0. The maximum Gasteiger partial charge on any atom is 0.150 e. The Bertz CT molecular complexity index is 1080. The van der Waals surface area contributed by atoms with E-state index in [2.05, 4.69) is 0 Å². The lowest BCUT2D eigenvalue weighted by molar-refractivity contribution is 0.112. The second-order valence-corrected chi connectivity index (χ2v) is 6.17. The van der Waals surface area contributed by atoms with E-state index in [1.165, 1.54) is 12.1 Å². The molecule has 0 saturated carbocycles. The third kappa shape index (κ3) is 2.73. The minimum Gasteiger partial charge on any atom is -0.316 e. The number of halogens is 2. The zero-order valence-electron chi connectivity index (χ0n) is 13.1. The monoisotopic (exact) mass is 349 g/mol. The van der Waals surface area contributed by atoms with Crippen molar-refractivity contribution in [3.8, 4) is 16.8 Å². The van der Waals surface area contributed by atoms with Crippen LogP contribution in [0.4, 0.5) is 4.39 Å². The number of aromatic nitrogens is 1. The van der Waals surface area contributed by atoms with Crippen LogP contribution >= 0.6 is 11.6 Å². The molecule has 4 aromatic rings. The summed E-state index contributed by atoms with van der Waals surface area (Å²) in [5.41, 5.74) is 4.17. The average Bonchev–Trinajstić information content (AvgIpc) is 3.01. The van der Waals surface area contributed by atoms with Gasteiger partial charge in [0.1, 0.15) is 12.1 Å². The zero-order chi connectivity index (χ0) is 17.4. The van der Waals surface area contributed by atoms with Crippen LogP contribution in [-0.2, 0) is 0 Å². The van der Waals surface area contributed by atoms with Crippen LogP contribution in [0.2, 0.25) is 5.02 Å². The van der Waals surface area contributed by atoms with E-state index in [-0.39, 0.29) is 5.82 Å². The summed E-state index contributed by atoms with van der Waals surface area (Å²) in [7, 11) is 0. The van der Waals surface area contributed by atoms with Crippen molar-refractivity contribution in [3.63, 3.8) is 0 Å². The standard InChI is InChI=1S/C21H13ClFNO/c22-20-4-2-1-3-17(20)19-12-24(16-8-6-15(23)7-9-16)21-10-5-14(13-25)11-18(19)21/h1-13H. The van der Waals surface area contributed by atoms with Crippen LogP contribution < -0.4 is 0 Å². The van der Waals surface area contributed by atoms with Crippen molar-refractivity contribution in [3.05, 3.63) is 89.3 Å². The predicted octanol–water partition coefficient (Wildman–Crippen LogP) is 5.90. The highest BCUT2D eigenvalue weighted by Gasteiger charge is 2.14. The topological polar surface area (TPSA) is 22.0 Å². The SMILES string of the molecule is O=Cc1ccc2c(c1)c(-c1ccccc1Cl)cn2-c1ccc(F)cc1. The summed E-state index contributed by atoms with van der Waals surface area (Å²) in [5, 5.41) is 1.55. The lowest BCUT2D eigenvalue weighted by atomic mass is 10.0. The van der Waals surface area contributed by atoms with Gasteiger partial charge in [-0.15, -0.1) is 0 Å². The molecule has 4 rings (SSSR count). The maximum atomic E-state index is 13.3. The van der Waals surface area contributed by atoms with E-state index in [0.29, 0.717) is 10.6 Å². The molecule has 0 aliphatic rings. The molecule has 0 spiro atoms. The molecule has 122 valence electrons. The third-order valence-electron chi connectivity index (χ3n) is 4.23. The van der Waals surface area contributed by atoms with Gasteiger partial charge in [-0.05, 0) is 48.5 Å². The first-order valence-electron chi connectivity index (χ1n) is 7.78. The number of fused-ring (bicyclic) bond motifs is 1. The molecule has 0 radical (unpaired) electrons. The van der Waals surface area contributed by atoms with Gasteiger partial charge in [0.25, 0.3) is 0 Å². The van der Waals surface area contributed by atoms with Gasteiger partial charge in [-0.3, -0.25) is 4.79 Å². The van der Waals surface area contributed by atoms with Gasteiger partial charge in [0.05, 0.1) is 5.52 Å². The Balaban J connectivity index is 2.04. The normalized spacial score (nSPS) is 11.0. The van der Waals surface area contributed by atoms with Crippen LogP contribution in [0.15, 0.2) is 72.9 Å². The fraction of sp³-hybridized carbons (Fsp3) is 0. The quantitative estimate of drug-likeness (QED) is 0.422. The molecule has 1 aromatic heterocycles. The smallest absolute Gasteiger partial charge is 0.150 e. The van der Waals surface area contributed by atoms with Gasteiger partial charge in [-0.25, -0.2) is 4.39 Å². The fourth-order valence-corrected chi connectivity index (χ4v) is 3.27. The Kier molecular flexibility index (Phi) is 3.86. The first-order valence-corrected chi connectivity index (χ1v) is 8.16. The molecule has 0 aliphatic heterocycles. The summed E-state index contributed by atoms with van der Waals surface area (Å²) < 4.78 is 15.2. The first kappa shape index (κ1) is 15.6. The van der Waals surface area contributed by atoms with E-state index < -0.39 is 0 Å². The van der Waals surface area contributed by atoms with E-state index in [1.54, 1.807) is 18.2 Å². The Labute approximate surface area is 149 Å². The van der Waals surface area contributed by atoms with Crippen LogP contribution in [0.5, 0.6) is 0 Å². The maximum absolute atomic E-state index is 13.3. The van der Waals surface area contributed by atoms with Crippen molar-refractivity contribution in [1.29, 1.82) is 0 Å². The zero-order valence-corrected chi connectivity index (χ0v) is 13.9. The molecule has 0 bridgehead atoms. The van der Waals surface area contributed by atoms with Crippen molar-refractivity contribution in [2.75, 3.05) is 0 Å². The second kappa shape index (κ2) is 6.19. The minimum absolute atomic E-state index is 0.283. The summed E-state index contributed by atoms with van der Waals surface area (Å²) in [6.07, 6.45) is 2.79. The summed E-state index contributed by atoms with van der Waals surface area (Å²) >= 11 is 6.38. The second-order valence-electron chi connectivity index (χ2n) is 5.76. The van der Waals surface area contributed by atoms with Crippen molar-refractivity contribution in [1.82, 2.24) is 4.57 Å². The molecular formula is C21H13ClFNO. The molecule has 3 aromatic carbocycles. The highest BCUT2D eigenvalue weighted by molar-refractivity contribution is 6.33. The predicted molar refractivity (Wildman–Crippen MR) is 99.1 cm³/mol. The molecule has 0 saturated heterocycles. The van der Waals surface area contributed by atoms with Gasteiger partial charge in [-0.1, -0.05) is 29.8 Å². The first-order chi connectivity index (χ1) is 12.2. The highest BCUT2D eigenvalue weighted by atomic mass is 35.5. The van der Waals surface area contributed by atoms with Gasteiger partial charge < -0.3 is 4.57 Å². The van der Waals surface area contributed by atoms with Crippen molar-refractivity contribution < 1.29 is 9.18 Å². The van der Waals surface area contributed by atoms with E-state index >= 15 is 0 Å². The molecule has 0 unspecified atom stereocenters. The number of carbonyl (C=O) groups is 1. The van der Waals surface area contributed by atoms with Gasteiger partial charge in [0.15, 0.2) is 0 Å². The van der Waals surface area contributed by atoms with Gasteiger partial charge in [-0.2, -0.15) is 0 Å².